The van der Waals surface area contributed by atoms with Gasteiger partial charge < -0.3 is 20.6 Å². The molecule has 0 bridgehead atoms. The molecule has 2 fully saturated rings. The van der Waals surface area contributed by atoms with Gasteiger partial charge >= 0.3 is 0 Å². The Hall–Kier alpha value is -3.90. The summed E-state index contributed by atoms with van der Waals surface area (Å²) >= 11 is 0. The van der Waals surface area contributed by atoms with E-state index in [0.717, 1.165) is 50.5 Å². The second-order valence-electron chi connectivity index (χ2n) is 9.84. The second-order valence-corrected chi connectivity index (χ2v) is 9.84. The maximum Gasteiger partial charge on any atom is 0.206 e. The lowest BCUT2D eigenvalue weighted by atomic mass is 10.0. The first-order valence-corrected chi connectivity index (χ1v) is 13.0. The molecule has 1 aromatic carbocycles. The Kier molecular flexibility index (Phi) is 7.37. The van der Waals surface area contributed by atoms with Crippen LogP contribution < -0.4 is 15.5 Å². The molecule has 2 aromatic heterocycles. The third-order valence-electron chi connectivity index (χ3n) is 7.34. The number of para-hydroxylation sites is 1. The lowest BCUT2D eigenvalue weighted by Crippen LogP contribution is -2.36. The van der Waals surface area contributed by atoms with Crippen molar-refractivity contribution in [2.24, 2.45) is 0 Å². The van der Waals surface area contributed by atoms with Crippen molar-refractivity contribution in [2.45, 2.75) is 44.7 Å². The van der Waals surface area contributed by atoms with E-state index in [1.807, 2.05) is 24.3 Å². The molecule has 0 saturated carbocycles. The summed E-state index contributed by atoms with van der Waals surface area (Å²) < 4.78 is 0. The molecule has 3 N–H and O–H groups in total. The zero-order chi connectivity index (χ0) is 25.8. The van der Waals surface area contributed by atoms with Gasteiger partial charge in [0.05, 0.1) is 17.4 Å². The van der Waals surface area contributed by atoms with E-state index in [4.69, 9.17) is 10.7 Å². The molecule has 5 rings (SSSR count). The van der Waals surface area contributed by atoms with Crippen LogP contribution in [0.3, 0.4) is 0 Å². The molecule has 37 heavy (non-hydrogen) atoms. The molecular formula is C28H34N8O. The average Bonchev–Trinajstić information content (AvgIpc) is 3.10. The van der Waals surface area contributed by atoms with Crippen LogP contribution in [0.25, 0.3) is 11.3 Å². The molecule has 2 saturated heterocycles. The molecule has 0 amide bonds. The number of phenolic OH excluding ortho intramolecular Hbond substituents is 1. The van der Waals surface area contributed by atoms with E-state index in [-0.39, 0.29) is 17.8 Å². The average molecular weight is 499 g/mol. The van der Waals surface area contributed by atoms with Crippen LogP contribution in [-0.4, -0.2) is 75.5 Å². The normalized spacial score (nSPS) is 20.7. The van der Waals surface area contributed by atoms with Gasteiger partial charge in [-0.1, -0.05) is 18.1 Å². The maximum atomic E-state index is 10.3. The molecule has 9 heteroatoms. The van der Waals surface area contributed by atoms with Gasteiger partial charge in [0.1, 0.15) is 11.6 Å². The standard InChI is InChI=1S/C28H34N8O/c1-20-13-16-35(24-19-23(32-33-28(24)29)22-8-3-4-9-25(22)37)17-18-36(20)27-12-14-30-26(31-27)11-10-21-7-5-6-15-34(21)2/h3-4,8-9,12,14,19-21,37H,5-7,13,15-18H2,1-2H3,(H2,29,33)/t20-,21-/m1/s1. The van der Waals surface area contributed by atoms with E-state index in [1.165, 1.54) is 12.8 Å². The summed E-state index contributed by atoms with van der Waals surface area (Å²) in [6.45, 7) is 5.64. The fourth-order valence-corrected chi connectivity index (χ4v) is 5.08. The van der Waals surface area contributed by atoms with Gasteiger partial charge in [0.2, 0.25) is 5.82 Å². The molecule has 2 aliphatic heterocycles. The van der Waals surface area contributed by atoms with Gasteiger partial charge in [0.15, 0.2) is 5.82 Å². The Labute approximate surface area is 218 Å². The van der Waals surface area contributed by atoms with Crippen molar-refractivity contribution in [3.63, 3.8) is 0 Å². The molecule has 192 valence electrons. The number of aromatic hydroxyl groups is 1. The third kappa shape index (κ3) is 5.59. The van der Waals surface area contributed by atoms with Gasteiger partial charge in [-0.25, -0.2) is 9.97 Å². The predicted molar refractivity (Wildman–Crippen MR) is 146 cm³/mol. The summed E-state index contributed by atoms with van der Waals surface area (Å²) in [5.74, 6) is 8.61. The summed E-state index contributed by atoms with van der Waals surface area (Å²) in [5.41, 5.74) is 8.32. The molecule has 2 aliphatic rings. The summed E-state index contributed by atoms with van der Waals surface area (Å²) in [4.78, 5) is 16.1. The van der Waals surface area contributed by atoms with Crippen molar-refractivity contribution in [3.8, 4) is 28.8 Å². The smallest absolute Gasteiger partial charge is 0.206 e. The van der Waals surface area contributed by atoms with Gasteiger partial charge in [-0.2, -0.15) is 0 Å². The Bertz CT molecular complexity index is 1300. The molecule has 2 atom stereocenters. The third-order valence-corrected chi connectivity index (χ3v) is 7.34. The molecule has 0 spiro atoms. The van der Waals surface area contributed by atoms with Crippen LogP contribution in [0.5, 0.6) is 5.75 Å². The van der Waals surface area contributed by atoms with E-state index in [2.05, 4.69) is 55.7 Å². The molecular weight excluding hydrogens is 464 g/mol. The number of rotatable bonds is 3. The Morgan fingerprint density at radius 1 is 1.03 bits per heavy atom. The summed E-state index contributed by atoms with van der Waals surface area (Å²) in [5, 5.41) is 18.7. The van der Waals surface area contributed by atoms with Crippen molar-refractivity contribution < 1.29 is 5.11 Å². The van der Waals surface area contributed by atoms with Gasteiger partial charge in [0.25, 0.3) is 0 Å². The minimum atomic E-state index is 0.168. The lowest BCUT2D eigenvalue weighted by Gasteiger charge is -2.28. The molecule has 9 nitrogen and oxygen atoms in total. The van der Waals surface area contributed by atoms with Crippen molar-refractivity contribution in [1.29, 1.82) is 0 Å². The minimum absolute atomic E-state index is 0.168. The maximum absolute atomic E-state index is 10.3. The van der Waals surface area contributed by atoms with E-state index >= 15 is 0 Å². The van der Waals surface area contributed by atoms with Crippen LogP contribution >= 0.6 is 0 Å². The number of aromatic nitrogens is 4. The highest BCUT2D eigenvalue weighted by Crippen LogP contribution is 2.32. The quantitative estimate of drug-likeness (QED) is 0.527. The van der Waals surface area contributed by atoms with Crippen molar-refractivity contribution in [3.05, 3.63) is 48.4 Å². The number of likely N-dealkylation sites (tertiary alicyclic amines) is 1. The predicted octanol–water partition coefficient (Wildman–Crippen LogP) is 3.16. The zero-order valence-corrected chi connectivity index (χ0v) is 21.5. The van der Waals surface area contributed by atoms with Crippen molar-refractivity contribution in [2.75, 3.05) is 48.8 Å². The van der Waals surface area contributed by atoms with Crippen molar-refractivity contribution >= 4 is 17.3 Å². The van der Waals surface area contributed by atoms with E-state index < -0.39 is 0 Å². The highest BCUT2D eigenvalue weighted by molar-refractivity contribution is 5.74. The van der Waals surface area contributed by atoms with Gasteiger partial charge in [-0.15, -0.1) is 10.2 Å². The number of nitrogen functional groups attached to an aromatic ring is 1. The number of anilines is 3. The summed E-state index contributed by atoms with van der Waals surface area (Å²) in [6.07, 6.45) is 6.28. The molecule has 3 aromatic rings. The summed E-state index contributed by atoms with van der Waals surface area (Å²) in [7, 11) is 2.14. The first kappa shape index (κ1) is 24.8. The minimum Gasteiger partial charge on any atom is -0.507 e. The SMILES string of the molecule is C[C@@H]1CCN(c2cc(-c3ccccc3O)nnc2N)CCN1c1ccnc(C#C[C@H]2CCCCN2C)n1. The van der Waals surface area contributed by atoms with E-state index in [0.29, 0.717) is 22.9 Å². The van der Waals surface area contributed by atoms with Crippen LogP contribution in [0, 0.1) is 11.8 Å². The molecule has 4 heterocycles. The molecule has 0 unspecified atom stereocenters. The number of nitrogens with zero attached hydrogens (tertiary/aromatic N) is 7. The lowest BCUT2D eigenvalue weighted by molar-refractivity contribution is 0.229. The largest absolute Gasteiger partial charge is 0.507 e. The van der Waals surface area contributed by atoms with E-state index in [9.17, 15) is 5.11 Å². The van der Waals surface area contributed by atoms with Crippen LogP contribution in [-0.2, 0) is 0 Å². The topological polar surface area (TPSA) is 108 Å². The van der Waals surface area contributed by atoms with Crippen LogP contribution in [0.4, 0.5) is 17.3 Å². The fourth-order valence-electron chi connectivity index (χ4n) is 5.08. The van der Waals surface area contributed by atoms with Crippen LogP contribution in [0.1, 0.15) is 38.4 Å². The van der Waals surface area contributed by atoms with Gasteiger partial charge in [-0.05, 0) is 76.4 Å². The number of hydrogen-bond acceptors (Lipinski definition) is 9. The highest BCUT2D eigenvalue weighted by atomic mass is 16.3. The zero-order valence-electron chi connectivity index (χ0n) is 21.5. The van der Waals surface area contributed by atoms with Gasteiger partial charge in [0, 0.05) is 37.4 Å². The Morgan fingerprint density at radius 3 is 2.73 bits per heavy atom. The number of hydrogen-bond donors (Lipinski definition) is 2. The molecule has 0 aliphatic carbocycles. The fraction of sp³-hybridized carbons (Fsp3) is 0.429. The number of phenols is 1. The number of piperidine rings is 1. The first-order chi connectivity index (χ1) is 18.0. The second kappa shape index (κ2) is 11.0. The van der Waals surface area contributed by atoms with Gasteiger partial charge in [-0.3, -0.25) is 4.90 Å². The first-order valence-electron chi connectivity index (χ1n) is 13.0. The highest BCUT2D eigenvalue weighted by Gasteiger charge is 2.24. The number of nitrogens with two attached hydrogens (primary N) is 1. The van der Waals surface area contributed by atoms with Crippen LogP contribution in [0.15, 0.2) is 42.6 Å². The van der Waals surface area contributed by atoms with Crippen molar-refractivity contribution in [1.82, 2.24) is 25.1 Å². The monoisotopic (exact) mass is 498 g/mol. The Balaban J connectivity index is 1.33. The van der Waals surface area contributed by atoms with E-state index in [1.54, 1.807) is 18.3 Å². The number of benzene rings is 1. The Morgan fingerprint density at radius 2 is 1.89 bits per heavy atom. The summed E-state index contributed by atoms with van der Waals surface area (Å²) in [6, 6.07) is 11.5. The molecule has 0 radical (unpaired) electrons. The van der Waals surface area contributed by atoms with Crippen LogP contribution in [0.2, 0.25) is 0 Å².